The van der Waals surface area contributed by atoms with Crippen molar-refractivity contribution in [1.82, 2.24) is 5.32 Å². The Labute approximate surface area is 113 Å². The van der Waals surface area contributed by atoms with Crippen molar-refractivity contribution in [3.63, 3.8) is 0 Å². The first-order valence-electron chi connectivity index (χ1n) is 6.41. The fourth-order valence-electron chi connectivity index (χ4n) is 2.32. The largest absolute Gasteiger partial charge is 0.508 e. The Morgan fingerprint density at radius 2 is 2.33 bits per heavy atom. The second-order valence-corrected chi connectivity index (χ2v) is 5.88. The highest BCUT2D eigenvalue weighted by molar-refractivity contribution is 7.99. The summed E-state index contributed by atoms with van der Waals surface area (Å²) in [7, 11) is 1.64. The summed E-state index contributed by atoms with van der Waals surface area (Å²) in [6, 6.07) is 6.07. The Morgan fingerprint density at radius 1 is 1.50 bits per heavy atom. The van der Waals surface area contributed by atoms with Gasteiger partial charge in [0.1, 0.15) is 11.5 Å². The van der Waals surface area contributed by atoms with Gasteiger partial charge in [-0.1, -0.05) is 0 Å². The third-order valence-corrected chi connectivity index (χ3v) is 4.56. The number of rotatable bonds is 4. The van der Waals surface area contributed by atoms with Crippen LogP contribution < -0.4 is 10.1 Å². The first-order valence-corrected chi connectivity index (χ1v) is 7.57. The first-order chi connectivity index (χ1) is 8.70. The Morgan fingerprint density at radius 3 is 3.00 bits per heavy atom. The minimum absolute atomic E-state index is 0.142. The summed E-state index contributed by atoms with van der Waals surface area (Å²) in [5, 5.41) is 13.5. The van der Waals surface area contributed by atoms with Crippen LogP contribution in [0.2, 0.25) is 0 Å². The lowest BCUT2D eigenvalue weighted by atomic mass is 10.0. The number of hydrogen-bond acceptors (Lipinski definition) is 4. The van der Waals surface area contributed by atoms with Gasteiger partial charge in [0, 0.05) is 23.4 Å². The summed E-state index contributed by atoms with van der Waals surface area (Å²) >= 11 is 2.00. The molecule has 1 aromatic carbocycles. The van der Waals surface area contributed by atoms with Crippen LogP contribution in [0.1, 0.15) is 31.4 Å². The van der Waals surface area contributed by atoms with Crippen LogP contribution in [0.25, 0.3) is 0 Å². The van der Waals surface area contributed by atoms with Gasteiger partial charge in [-0.2, -0.15) is 11.8 Å². The molecule has 1 aliphatic heterocycles. The second-order valence-electron chi connectivity index (χ2n) is 4.73. The monoisotopic (exact) mass is 267 g/mol. The number of thioether (sulfide) groups is 1. The molecule has 1 aromatic rings. The Bertz CT molecular complexity index is 391. The van der Waals surface area contributed by atoms with Crippen molar-refractivity contribution in [3.8, 4) is 11.5 Å². The summed E-state index contributed by atoms with van der Waals surface area (Å²) in [6.45, 7) is 2.09. The maximum Gasteiger partial charge on any atom is 0.120 e. The summed E-state index contributed by atoms with van der Waals surface area (Å²) in [5.74, 6) is 3.56. The third-order valence-electron chi connectivity index (χ3n) is 3.35. The van der Waals surface area contributed by atoms with Crippen LogP contribution in [-0.2, 0) is 0 Å². The summed E-state index contributed by atoms with van der Waals surface area (Å²) in [4.78, 5) is 0. The molecule has 0 aliphatic carbocycles. The van der Waals surface area contributed by atoms with Crippen LogP contribution in [0.4, 0.5) is 0 Å². The standard InChI is InChI=1S/C14H21NO2S/c1-10(15-11-4-3-7-18-9-11)13-8-12(17-2)5-6-14(13)16/h5-6,8,10-11,15-16H,3-4,7,9H2,1-2H3. The van der Waals surface area contributed by atoms with Gasteiger partial charge in [-0.3, -0.25) is 0 Å². The molecular formula is C14H21NO2S. The molecule has 4 heteroatoms. The number of nitrogens with one attached hydrogen (secondary N) is 1. The van der Waals surface area contributed by atoms with Gasteiger partial charge in [-0.05, 0) is 43.7 Å². The van der Waals surface area contributed by atoms with Gasteiger partial charge in [-0.25, -0.2) is 0 Å². The molecule has 0 radical (unpaired) electrons. The zero-order valence-electron chi connectivity index (χ0n) is 11.0. The molecule has 0 saturated carbocycles. The molecule has 1 fully saturated rings. The van der Waals surface area contributed by atoms with E-state index in [2.05, 4.69) is 12.2 Å². The highest BCUT2D eigenvalue weighted by atomic mass is 32.2. The van der Waals surface area contributed by atoms with Crippen LogP contribution in [0.15, 0.2) is 18.2 Å². The van der Waals surface area contributed by atoms with E-state index in [9.17, 15) is 5.11 Å². The molecule has 2 unspecified atom stereocenters. The summed E-state index contributed by atoms with van der Waals surface area (Å²) in [6.07, 6.45) is 2.50. The van der Waals surface area contributed by atoms with E-state index in [1.54, 1.807) is 19.2 Å². The number of aromatic hydroxyl groups is 1. The van der Waals surface area contributed by atoms with Crippen molar-refractivity contribution < 1.29 is 9.84 Å². The van der Waals surface area contributed by atoms with Gasteiger partial charge in [-0.15, -0.1) is 0 Å². The molecule has 0 amide bonds. The maximum absolute atomic E-state index is 9.93. The van der Waals surface area contributed by atoms with E-state index in [-0.39, 0.29) is 6.04 Å². The minimum atomic E-state index is 0.142. The smallest absolute Gasteiger partial charge is 0.120 e. The van der Waals surface area contributed by atoms with Crippen molar-refractivity contribution >= 4 is 11.8 Å². The summed E-state index contributed by atoms with van der Waals surface area (Å²) < 4.78 is 5.21. The molecule has 0 bridgehead atoms. The van der Waals surface area contributed by atoms with Crippen molar-refractivity contribution in [1.29, 1.82) is 0 Å². The van der Waals surface area contributed by atoms with E-state index in [0.717, 1.165) is 17.1 Å². The lowest BCUT2D eigenvalue weighted by Crippen LogP contribution is -2.35. The number of ether oxygens (including phenoxy) is 1. The Hall–Kier alpha value is -0.870. The molecule has 1 saturated heterocycles. The van der Waals surface area contributed by atoms with Crippen molar-refractivity contribution in [2.75, 3.05) is 18.6 Å². The van der Waals surface area contributed by atoms with E-state index in [4.69, 9.17) is 4.74 Å². The minimum Gasteiger partial charge on any atom is -0.508 e. The Kier molecular flexibility index (Phi) is 4.78. The number of phenolic OH excluding ortho intramolecular Hbond substituents is 1. The van der Waals surface area contributed by atoms with E-state index in [1.165, 1.54) is 18.6 Å². The van der Waals surface area contributed by atoms with E-state index in [1.807, 2.05) is 17.8 Å². The molecule has 3 nitrogen and oxygen atoms in total. The van der Waals surface area contributed by atoms with Crippen molar-refractivity contribution in [3.05, 3.63) is 23.8 Å². The molecule has 0 aromatic heterocycles. The van der Waals surface area contributed by atoms with Crippen molar-refractivity contribution in [2.24, 2.45) is 0 Å². The molecule has 18 heavy (non-hydrogen) atoms. The van der Waals surface area contributed by atoms with Gasteiger partial charge in [0.2, 0.25) is 0 Å². The van der Waals surface area contributed by atoms with Gasteiger partial charge < -0.3 is 15.2 Å². The fourth-order valence-corrected chi connectivity index (χ4v) is 3.41. The lowest BCUT2D eigenvalue weighted by Gasteiger charge is -2.27. The second kappa shape index (κ2) is 6.34. The van der Waals surface area contributed by atoms with E-state index in [0.29, 0.717) is 11.8 Å². The molecule has 2 rings (SSSR count). The molecule has 100 valence electrons. The van der Waals surface area contributed by atoms with Gasteiger partial charge >= 0.3 is 0 Å². The average molecular weight is 267 g/mol. The highest BCUT2D eigenvalue weighted by Crippen LogP contribution is 2.29. The molecule has 1 aliphatic rings. The Balaban J connectivity index is 2.04. The zero-order chi connectivity index (χ0) is 13.0. The topological polar surface area (TPSA) is 41.5 Å². The average Bonchev–Trinajstić information content (AvgIpc) is 2.40. The molecule has 0 spiro atoms. The van der Waals surface area contributed by atoms with Crippen LogP contribution in [0.3, 0.4) is 0 Å². The normalized spacial score (nSPS) is 21.6. The maximum atomic E-state index is 9.93. The lowest BCUT2D eigenvalue weighted by molar-refractivity contribution is 0.401. The first kappa shape index (κ1) is 13.6. The molecular weight excluding hydrogens is 246 g/mol. The van der Waals surface area contributed by atoms with Gasteiger partial charge in [0.05, 0.1) is 7.11 Å². The molecule has 2 atom stereocenters. The number of benzene rings is 1. The van der Waals surface area contributed by atoms with Gasteiger partial charge in [0.25, 0.3) is 0 Å². The zero-order valence-corrected chi connectivity index (χ0v) is 11.8. The van der Waals surface area contributed by atoms with Crippen LogP contribution in [0.5, 0.6) is 11.5 Å². The number of methoxy groups -OCH3 is 1. The highest BCUT2D eigenvalue weighted by Gasteiger charge is 2.18. The fraction of sp³-hybridized carbons (Fsp3) is 0.571. The SMILES string of the molecule is COc1ccc(O)c(C(C)NC2CCCSC2)c1. The molecule has 1 heterocycles. The van der Waals surface area contributed by atoms with Gasteiger partial charge in [0.15, 0.2) is 0 Å². The van der Waals surface area contributed by atoms with Crippen LogP contribution in [-0.4, -0.2) is 29.8 Å². The number of hydrogen-bond donors (Lipinski definition) is 2. The van der Waals surface area contributed by atoms with E-state index >= 15 is 0 Å². The number of phenols is 1. The van der Waals surface area contributed by atoms with Crippen LogP contribution in [0, 0.1) is 0 Å². The quantitative estimate of drug-likeness (QED) is 0.880. The predicted octanol–water partition coefficient (Wildman–Crippen LogP) is 2.95. The van der Waals surface area contributed by atoms with E-state index < -0.39 is 0 Å². The van der Waals surface area contributed by atoms with Crippen LogP contribution >= 0.6 is 11.8 Å². The summed E-state index contributed by atoms with van der Waals surface area (Å²) in [5.41, 5.74) is 0.907. The molecule has 2 N–H and O–H groups in total. The van der Waals surface area contributed by atoms with Crippen molar-refractivity contribution in [2.45, 2.75) is 31.8 Å². The predicted molar refractivity (Wildman–Crippen MR) is 76.6 cm³/mol. The third kappa shape index (κ3) is 3.33.